The molecule has 1 aliphatic rings. The Balaban J connectivity index is 2.05. The van der Waals surface area contributed by atoms with E-state index in [1.165, 1.54) is 0 Å². The maximum absolute atomic E-state index is 11.0. The average molecular weight is 141 g/mol. The summed E-state index contributed by atoms with van der Waals surface area (Å²) in [5.41, 5.74) is 0. The van der Waals surface area contributed by atoms with Crippen LogP contribution in [0.3, 0.4) is 0 Å². The van der Waals surface area contributed by atoms with Crippen molar-refractivity contribution < 1.29 is 4.79 Å². The van der Waals surface area contributed by atoms with E-state index in [4.69, 9.17) is 0 Å². The molecule has 0 radical (unpaired) electrons. The Kier molecular flexibility index (Phi) is 2.87. The van der Waals surface area contributed by atoms with Gasteiger partial charge < -0.3 is 5.32 Å². The molecule has 10 heavy (non-hydrogen) atoms. The van der Waals surface area contributed by atoms with Crippen LogP contribution in [-0.4, -0.2) is 18.9 Å². The van der Waals surface area contributed by atoms with Gasteiger partial charge in [0.15, 0.2) is 0 Å². The fourth-order valence-corrected chi connectivity index (χ4v) is 1.20. The number of ketones is 1. The molecule has 1 heterocycles. The Morgan fingerprint density at radius 2 is 2.30 bits per heavy atom. The molecule has 1 fully saturated rings. The Labute approximate surface area is 62.0 Å². The quantitative estimate of drug-likeness (QED) is 0.632. The van der Waals surface area contributed by atoms with Crippen LogP contribution in [0.15, 0.2) is 0 Å². The summed E-state index contributed by atoms with van der Waals surface area (Å²) in [6, 6.07) is 0. The third-order valence-electron chi connectivity index (χ3n) is 1.91. The Hall–Kier alpha value is -0.370. The summed E-state index contributed by atoms with van der Waals surface area (Å²) in [6.07, 6.45) is 2.58. The van der Waals surface area contributed by atoms with Gasteiger partial charge in [-0.15, -0.1) is 0 Å². The van der Waals surface area contributed by atoms with Gasteiger partial charge in [0, 0.05) is 12.8 Å². The Bertz CT molecular complexity index is 118. The van der Waals surface area contributed by atoms with Gasteiger partial charge in [0.1, 0.15) is 5.78 Å². The first kappa shape index (κ1) is 7.73. The number of hydrogen-bond donors (Lipinski definition) is 1. The molecule has 0 spiro atoms. The number of carbonyl (C=O) groups is 1. The van der Waals surface area contributed by atoms with E-state index in [1.807, 2.05) is 0 Å². The highest BCUT2D eigenvalue weighted by atomic mass is 16.1. The summed E-state index contributed by atoms with van der Waals surface area (Å²) in [6.45, 7) is 4.15. The highest BCUT2D eigenvalue weighted by Crippen LogP contribution is 2.10. The van der Waals surface area contributed by atoms with Crippen LogP contribution in [0, 0.1) is 5.92 Å². The molecule has 0 aliphatic carbocycles. The zero-order valence-electron chi connectivity index (χ0n) is 6.52. The van der Waals surface area contributed by atoms with E-state index in [1.54, 1.807) is 0 Å². The van der Waals surface area contributed by atoms with E-state index in [9.17, 15) is 4.79 Å². The van der Waals surface area contributed by atoms with Crippen molar-refractivity contribution in [2.75, 3.05) is 13.1 Å². The summed E-state index contributed by atoms with van der Waals surface area (Å²) in [7, 11) is 0. The van der Waals surface area contributed by atoms with Crippen molar-refractivity contribution in [3.8, 4) is 0 Å². The van der Waals surface area contributed by atoms with Gasteiger partial charge in [-0.3, -0.25) is 4.79 Å². The summed E-state index contributed by atoms with van der Waals surface area (Å²) >= 11 is 0. The van der Waals surface area contributed by atoms with E-state index in [2.05, 4.69) is 12.2 Å². The van der Waals surface area contributed by atoms with E-state index in [-0.39, 0.29) is 0 Å². The molecule has 0 amide bonds. The van der Waals surface area contributed by atoms with E-state index < -0.39 is 0 Å². The summed E-state index contributed by atoms with van der Waals surface area (Å²) in [5, 5.41) is 3.16. The van der Waals surface area contributed by atoms with E-state index in [0.29, 0.717) is 11.7 Å². The van der Waals surface area contributed by atoms with Crippen molar-refractivity contribution in [2.45, 2.75) is 26.2 Å². The minimum atomic E-state index is 0.439. The van der Waals surface area contributed by atoms with Gasteiger partial charge in [-0.1, -0.05) is 6.92 Å². The first-order valence-corrected chi connectivity index (χ1v) is 4.05. The minimum Gasteiger partial charge on any atom is -0.316 e. The molecule has 2 heteroatoms. The van der Waals surface area contributed by atoms with Crippen LogP contribution < -0.4 is 5.32 Å². The van der Waals surface area contributed by atoms with Gasteiger partial charge in [0.05, 0.1) is 0 Å². The molecule has 0 atom stereocenters. The van der Waals surface area contributed by atoms with Crippen LogP contribution in [0.5, 0.6) is 0 Å². The zero-order valence-corrected chi connectivity index (χ0v) is 6.52. The lowest BCUT2D eigenvalue weighted by atomic mass is 9.95. The molecule has 1 aliphatic heterocycles. The Morgan fingerprint density at radius 1 is 1.60 bits per heavy atom. The predicted molar refractivity (Wildman–Crippen MR) is 40.9 cm³/mol. The lowest BCUT2D eigenvalue weighted by Crippen LogP contribution is -2.42. The van der Waals surface area contributed by atoms with Crippen molar-refractivity contribution in [2.24, 2.45) is 5.92 Å². The van der Waals surface area contributed by atoms with Crippen molar-refractivity contribution in [3.05, 3.63) is 0 Å². The van der Waals surface area contributed by atoms with Crippen molar-refractivity contribution >= 4 is 5.78 Å². The highest BCUT2D eigenvalue weighted by molar-refractivity contribution is 5.78. The van der Waals surface area contributed by atoms with Crippen LogP contribution in [0.1, 0.15) is 26.2 Å². The molecule has 1 saturated heterocycles. The molecule has 1 rings (SSSR count). The molecule has 0 aromatic rings. The zero-order chi connectivity index (χ0) is 7.40. The molecule has 0 aromatic heterocycles. The molecule has 0 aromatic carbocycles. The number of hydrogen-bond acceptors (Lipinski definition) is 2. The van der Waals surface area contributed by atoms with Crippen molar-refractivity contribution in [3.63, 3.8) is 0 Å². The molecule has 58 valence electrons. The normalized spacial score (nSPS) is 18.5. The lowest BCUT2D eigenvalue weighted by Gasteiger charge is -2.26. The van der Waals surface area contributed by atoms with Crippen molar-refractivity contribution in [1.82, 2.24) is 5.32 Å². The molecular formula is C8H15NO. The van der Waals surface area contributed by atoms with E-state index >= 15 is 0 Å². The number of nitrogens with one attached hydrogen (secondary N) is 1. The van der Waals surface area contributed by atoms with Crippen LogP contribution >= 0.6 is 0 Å². The van der Waals surface area contributed by atoms with Gasteiger partial charge in [-0.25, -0.2) is 0 Å². The second-order valence-corrected chi connectivity index (χ2v) is 3.02. The van der Waals surface area contributed by atoms with E-state index in [0.717, 1.165) is 32.4 Å². The largest absolute Gasteiger partial charge is 0.316 e. The fourth-order valence-electron chi connectivity index (χ4n) is 1.20. The Morgan fingerprint density at radius 3 is 2.70 bits per heavy atom. The predicted octanol–water partition coefficient (Wildman–Crippen LogP) is 0.965. The first-order valence-electron chi connectivity index (χ1n) is 4.05. The molecular weight excluding hydrogens is 126 g/mol. The van der Waals surface area contributed by atoms with Crippen LogP contribution in [0.2, 0.25) is 0 Å². The standard InChI is InChI=1S/C8H15NO/c1-2-3-8(10)4-7-5-9-6-7/h7,9H,2-6H2,1H3. The third kappa shape index (κ3) is 2.10. The average Bonchev–Trinajstić information content (AvgIpc) is 1.80. The lowest BCUT2D eigenvalue weighted by molar-refractivity contribution is -0.120. The van der Waals surface area contributed by atoms with Crippen LogP contribution in [0.4, 0.5) is 0 Å². The molecule has 0 unspecified atom stereocenters. The third-order valence-corrected chi connectivity index (χ3v) is 1.91. The smallest absolute Gasteiger partial charge is 0.133 e. The van der Waals surface area contributed by atoms with Gasteiger partial charge in [0.25, 0.3) is 0 Å². The maximum atomic E-state index is 11.0. The minimum absolute atomic E-state index is 0.439. The second kappa shape index (κ2) is 3.71. The van der Waals surface area contributed by atoms with Crippen molar-refractivity contribution in [1.29, 1.82) is 0 Å². The summed E-state index contributed by atoms with van der Waals surface area (Å²) in [5.74, 6) is 1.09. The molecule has 2 nitrogen and oxygen atoms in total. The van der Waals surface area contributed by atoms with Gasteiger partial charge in [-0.05, 0) is 25.4 Å². The molecule has 0 bridgehead atoms. The first-order chi connectivity index (χ1) is 4.83. The number of Topliss-reactive ketones (excluding diaryl/α,β-unsaturated/α-hetero) is 1. The van der Waals surface area contributed by atoms with Gasteiger partial charge in [-0.2, -0.15) is 0 Å². The van der Waals surface area contributed by atoms with Crippen LogP contribution in [0.25, 0.3) is 0 Å². The second-order valence-electron chi connectivity index (χ2n) is 3.02. The highest BCUT2D eigenvalue weighted by Gasteiger charge is 2.18. The van der Waals surface area contributed by atoms with Gasteiger partial charge in [0.2, 0.25) is 0 Å². The summed E-state index contributed by atoms with van der Waals surface area (Å²) < 4.78 is 0. The van der Waals surface area contributed by atoms with Crippen LogP contribution in [-0.2, 0) is 4.79 Å². The molecule has 1 N–H and O–H groups in total. The summed E-state index contributed by atoms with van der Waals surface area (Å²) in [4.78, 5) is 11.0. The SMILES string of the molecule is CCCC(=O)CC1CNC1. The number of rotatable bonds is 4. The monoisotopic (exact) mass is 141 g/mol. The maximum Gasteiger partial charge on any atom is 0.133 e. The van der Waals surface area contributed by atoms with Gasteiger partial charge >= 0.3 is 0 Å². The fraction of sp³-hybridized carbons (Fsp3) is 0.875. The number of carbonyl (C=O) groups excluding carboxylic acids is 1. The topological polar surface area (TPSA) is 29.1 Å². The molecule has 0 saturated carbocycles.